The summed E-state index contributed by atoms with van der Waals surface area (Å²) in [5.74, 6) is -0.704. The van der Waals surface area contributed by atoms with E-state index in [-0.39, 0.29) is 6.42 Å². The van der Waals surface area contributed by atoms with Crippen LogP contribution in [-0.2, 0) is 24.1 Å². The van der Waals surface area contributed by atoms with Gasteiger partial charge < -0.3 is 5.11 Å². The van der Waals surface area contributed by atoms with E-state index in [9.17, 15) is 4.79 Å². The molecule has 0 aliphatic rings. The van der Waals surface area contributed by atoms with Gasteiger partial charge >= 0.3 is 5.97 Å². The Kier molecular flexibility index (Phi) is 5.03. The minimum Gasteiger partial charge on any atom is -0.481 e. The molecule has 1 aromatic rings. The number of carbonyl (C=O) groups is 1. The molecule has 88 valence electrons. The lowest BCUT2D eigenvalue weighted by Crippen LogP contribution is -1.99. The third-order valence-corrected chi connectivity index (χ3v) is 2.90. The molecule has 0 unspecified atom stereocenters. The lowest BCUT2D eigenvalue weighted by Gasteiger charge is -2.09. The standard InChI is InChI=1S/C14H20O2/c1-3-11-8-9-12(4-2)13(10-11)6-5-7-14(15)16/h8-10H,3-7H2,1-2H3,(H,15,16). The summed E-state index contributed by atoms with van der Waals surface area (Å²) >= 11 is 0. The number of benzene rings is 1. The van der Waals surface area contributed by atoms with Crippen molar-refractivity contribution in [3.05, 3.63) is 34.9 Å². The van der Waals surface area contributed by atoms with E-state index in [0.717, 1.165) is 25.7 Å². The average Bonchev–Trinajstić information content (AvgIpc) is 2.28. The van der Waals surface area contributed by atoms with Gasteiger partial charge in [0.05, 0.1) is 0 Å². The summed E-state index contributed by atoms with van der Waals surface area (Å²) in [5, 5.41) is 8.62. The normalized spacial score (nSPS) is 10.4. The maximum absolute atomic E-state index is 10.5. The first-order valence-corrected chi connectivity index (χ1v) is 5.99. The molecule has 1 rings (SSSR count). The molecule has 0 bridgehead atoms. The molecule has 1 aromatic carbocycles. The van der Waals surface area contributed by atoms with Gasteiger partial charge in [-0.3, -0.25) is 4.79 Å². The molecule has 0 heterocycles. The van der Waals surface area contributed by atoms with Gasteiger partial charge in [-0.05, 0) is 42.4 Å². The summed E-state index contributed by atoms with van der Waals surface area (Å²) in [6.07, 6.45) is 3.93. The lowest BCUT2D eigenvalue weighted by molar-refractivity contribution is -0.137. The monoisotopic (exact) mass is 220 g/mol. The molecule has 0 aromatic heterocycles. The molecular formula is C14H20O2. The summed E-state index contributed by atoms with van der Waals surface area (Å²) in [5.41, 5.74) is 4.01. The van der Waals surface area contributed by atoms with Gasteiger partial charge in [0.2, 0.25) is 0 Å². The smallest absolute Gasteiger partial charge is 0.303 e. The van der Waals surface area contributed by atoms with Crippen LogP contribution < -0.4 is 0 Å². The first-order chi connectivity index (χ1) is 7.67. The van der Waals surface area contributed by atoms with E-state index >= 15 is 0 Å². The molecule has 0 spiro atoms. The van der Waals surface area contributed by atoms with E-state index in [1.54, 1.807) is 0 Å². The van der Waals surface area contributed by atoms with Gasteiger partial charge in [0.1, 0.15) is 0 Å². The van der Waals surface area contributed by atoms with E-state index in [2.05, 4.69) is 32.0 Å². The SMILES string of the molecule is CCc1ccc(CC)c(CCCC(=O)O)c1. The lowest BCUT2D eigenvalue weighted by atomic mass is 9.97. The topological polar surface area (TPSA) is 37.3 Å². The minimum absolute atomic E-state index is 0.263. The zero-order chi connectivity index (χ0) is 12.0. The first kappa shape index (κ1) is 12.8. The van der Waals surface area contributed by atoms with Crippen molar-refractivity contribution in [2.45, 2.75) is 46.0 Å². The van der Waals surface area contributed by atoms with Crippen LogP contribution in [0.25, 0.3) is 0 Å². The van der Waals surface area contributed by atoms with Gasteiger partial charge in [-0.25, -0.2) is 0 Å². The van der Waals surface area contributed by atoms with Crippen LogP contribution in [0.4, 0.5) is 0 Å². The van der Waals surface area contributed by atoms with Crippen molar-refractivity contribution >= 4 is 5.97 Å². The fraction of sp³-hybridized carbons (Fsp3) is 0.500. The van der Waals surface area contributed by atoms with E-state index in [1.807, 2.05) is 0 Å². The Balaban J connectivity index is 2.71. The third-order valence-electron chi connectivity index (χ3n) is 2.90. The third kappa shape index (κ3) is 3.69. The molecule has 0 fully saturated rings. The van der Waals surface area contributed by atoms with Gasteiger partial charge in [0, 0.05) is 6.42 Å². The Hall–Kier alpha value is -1.31. The minimum atomic E-state index is -0.704. The van der Waals surface area contributed by atoms with Crippen LogP contribution in [0.1, 0.15) is 43.4 Å². The van der Waals surface area contributed by atoms with Crippen molar-refractivity contribution in [2.75, 3.05) is 0 Å². The maximum Gasteiger partial charge on any atom is 0.303 e. The molecule has 2 nitrogen and oxygen atoms in total. The van der Waals surface area contributed by atoms with Crippen LogP contribution in [0, 0.1) is 0 Å². The number of aliphatic carboxylic acids is 1. The van der Waals surface area contributed by atoms with E-state index < -0.39 is 5.97 Å². The molecule has 16 heavy (non-hydrogen) atoms. The van der Waals surface area contributed by atoms with E-state index in [1.165, 1.54) is 16.7 Å². The van der Waals surface area contributed by atoms with Crippen molar-refractivity contribution < 1.29 is 9.90 Å². The van der Waals surface area contributed by atoms with Gasteiger partial charge in [-0.15, -0.1) is 0 Å². The predicted molar refractivity (Wildman–Crippen MR) is 65.8 cm³/mol. The average molecular weight is 220 g/mol. The fourth-order valence-electron chi connectivity index (χ4n) is 1.91. The highest BCUT2D eigenvalue weighted by atomic mass is 16.4. The summed E-state index contributed by atoms with van der Waals surface area (Å²) in [6, 6.07) is 6.56. The number of rotatable bonds is 6. The van der Waals surface area contributed by atoms with Crippen molar-refractivity contribution in [3.8, 4) is 0 Å². The molecule has 2 heteroatoms. The summed E-state index contributed by atoms with van der Waals surface area (Å²) < 4.78 is 0. The van der Waals surface area contributed by atoms with Crippen LogP contribution in [-0.4, -0.2) is 11.1 Å². The molecule has 1 N–H and O–H groups in total. The van der Waals surface area contributed by atoms with Crippen LogP contribution in [0.15, 0.2) is 18.2 Å². The first-order valence-electron chi connectivity index (χ1n) is 5.99. The molecule has 0 saturated heterocycles. The fourth-order valence-corrected chi connectivity index (χ4v) is 1.91. The highest BCUT2D eigenvalue weighted by molar-refractivity contribution is 5.66. The van der Waals surface area contributed by atoms with E-state index in [4.69, 9.17) is 5.11 Å². The zero-order valence-corrected chi connectivity index (χ0v) is 10.1. The number of aryl methyl sites for hydroxylation is 3. The van der Waals surface area contributed by atoms with Crippen molar-refractivity contribution in [1.29, 1.82) is 0 Å². The molecular weight excluding hydrogens is 200 g/mol. The quantitative estimate of drug-likeness (QED) is 0.799. The van der Waals surface area contributed by atoms with Crippen LogP contribution in [0.2, 0.25) is 0 Å². The van der Waals surface area contributed by atoms with Crippen molar-refractivity contribution in [1.82, 2.24) is 0 Å². The summed E-state index contributed by atoms with van der Waals surface area (Å²) in [6.45, 7) is 4.28. The summed E-state index contributed by atoms with van der Waals surface area (Å²) in [4.78, 5) is 10.5. The maximum atomic E-state index is 10.5. The Labute approximate surface area is 97.3 Å². The number of hydrogen-bond donors (Lipinski definition) is 1. The van der Waals surface area contributed by atoms with Gasteiger partial charge in [-0.2, -0.15) is 0 Å². The Morgan fingerprint density at radius 2 is 1.94 bits per heavy atom. The van der Waals surface area contributed by atoms with Crippen molar-refractivity contribution in [2.24, 2.45) is 0 Å². The predicted octanol–water partition coefficient (Wildman–Crippen LogP) is 3.22. The highest BCUT2D eigenvalue weighted by Crippen LogP contribution is 2.16. The Morgan fingerprint density at radius 3 is 2.50 bits per heavy atom. The number of carboxylic acid groups (broad SMARTS) is 1. The summed E-state index contributed by atoms with van der Waals surface area (Å²) in [7, 11) is 0. The highest BCUT2D eigenvalue weighted by Gasteiger charge is 2.04. The molecule has 0 atom stereocenters. The molecule has 0 aliphatic carbocycles. The van der Waals surface area contributed by atoms with Crippen LogP contribution in [0.3, 0.4) is 0 Å². The molecule has 0 saturated carbocycles. The zero-order valence-electron chi connectivity index (χ0n) is 10.1. The molecule has 0 aliphatic heterocycles. The largest absolute Gasteiger partial charge is 0.481 e. The number of carboxylic acids is 1. The second-order valence-electron chi connectivity index (χ2n) is 4.06. The second-order valence-corrected chi connectivity index (χ2v) is 4.06. The molecule has 0 amide bonds. The second kappa shape index (κ2) is 6.31. The van der Waals surface area contributed by atoms with Crippen LogP contribution in [0.5, 0.6) is 0 Å². The van der Waals surface area contributed by atoms with Crippen molar-refractivity contribution in [3.63, 3.8) is 0 Å². The number of hydrogen-bond acceptors (Lipinski definition) is 1. The Bertz CT molecular complexity index is 356. The van der Waals surface area contributed by atoms with Gasteiger partial charge in [0.15, 0.2) is 0 Å². The van der Waals surface area contributed by atoms with Crippen LogP contribution >= 0.6 is 0 Å². The van der Waals surface area contributed by atoms with Gasteiger partial charge in [-0.1, -0.05) is 32.0 Å². The van der Waals surface area contributed by atoms with E-state index in [0.29, 0.717) is 0 Å². The Morgan fingerprint density at radius 1 is 1.19 bits per heavy atom. The molecule has 0 radical (unpaired) electrons. The van der Waals surface area contributed by atoms with Gasteiger partial charge in [0.25, 0.3) is 0 Å².